The lowest BCUT2D eigenvalue weighted by Crippen LogP contribution is -2.39. The van der Waals surface area contributed by atoms with Gasteiger partial charge in [-0.1, -0.05) is 32.5 Å². The molecule has 1 fully saturated rings. The number of likely N-dealkylation sites (N-methyl/N-ethyl adjacent to an activating group) is 1. The lowest BCUT2D eigenvalue weighted by atomic mass is 10.0. The Hall–Kier alpha value is -0.220. The van der Waals surface area contributed by atoms with E-state index in [1.54, 1.807) is 0 Å². The van der Waals surface area contributed by atoms with Crippen LogP contribution >= 0.6 is 11.8 Å². The number of nitrogens with zero attached hydrogens (tertiary/aromatic N) is 2. The Morgan fingerprint density at radius 2 is 2.12 bits per heavy atom. The lowest BCUT2D eigenvalue weighted by molar-refractivity contribution is 0.297. The first-order valence-corrected chi connectivity index (χ1v) is 7.80. The summed E-state index contributed by atoms with van der Waals surface area (Å²) in [6.45, 7) is 13.3. The van der Waals surface area contributed by atoms with E-state index in [1.807, 2.05) is 11.8 Å². The van der Waals surface area contributed by atoms with Crippen LogP contribution < -0.4 is 5.32 Å². The smallest absolute Gasteiger partial charge is 0.157 e. The molecule has 1 atom stereocenters. The number of rotatable bonds is 7. The molecule has 0 aromatic heterocycles. The minimum Gasteiger partial charge on any atom is -0.359 e. The van der Waals surface area contributed by atoms with Crippen molar-refractivity contribution in [2.45, 2.75) is 46.1 Å². The van der Waals surface area contributed by atoms with Crippen LogP contribution in [0.2, 0.25) is 0 Å². The molecule has 0 bridgehead atoms. The molecule has 0 aromatic carbocycles. The fraction of sp³-hybridized carbons (Fsp3) is 0.923. The molecule has 1 heterocycles. The van der Waals surface area contributed by atoms with E-state index in [4.69, 9.17) is 0 Å². The minimum atomic E-state index is 0.261. The Morgan fingerprint density at radius 3 is 2.65 bits per heavy atom. The number of hydrogen-bond acceptors (Lipinski definition) is 3. The van der Waals surface area contributed by atoms with Gasteiger partial charge in [0, 0.05) is 17.8 Å². The van der Waals surface area contributed by atoms with E-state index in [0.717, 1.165) is 37.0 Å². The van der Waals surface area contributed by atoms with Gasteiger partial charge in [0.25, 0.3) is 0 Å². The molecule has 1 rings (SSSR count). The van der Waals surface area contributed by atoms with Gasteiger partial charge in [-0.25, -0.2) is 0 Å². The third-order valence-electron chi connectivity index (χ3n) is 3.38. The van der Waals surface area contributed by atoms with Crippen molar-refractivity contribution in [1.82, 2.24) is 10.2 Å². The molecule has 1 saturated heterocycles. The molecular weight excluding hydrogens is 230 g/mol. The quantitative estimate of drug-likeness (QED) is 0.759. The van der Waals surface area contributed by atoms with Crippen molar-refractivity contribution < 1.29 is 0 Å². The monoisotopic (exact) mass is 257 g/mol. The van der Waals surface area contributed by atoms with Crippen molar-refractivity contribution in [3.63, 3.8) is 0 Å². The van der Waals surface area contributed by atoms with Gasteiger partial charge in [-0.2, -0.15) is 0 Å². The average Bonchev–Trinajstić information content (AvgIpc) is 2.71. The molecule has 100 valence electrons. The third-order valence-corrected chi connectivity index (χ3v) is 4.66. The zero-order valence-corrected chi connectivity index (χ0v) is 12.6. The maximum absolute atomic E-state index is 4.66. The summed E-state index contributed by atoms with van der Waals surface area (Å²) in [6.07, 6.45) is 2.39. The van der Waals surface area contributed by atoms with Gasteiger partial charge in [-0.3, -0.25) is 4.99 Å². The molecule has 0 radical (unpaired) electrons. The third kappa shape index (κ3) is 4.88. The first-order chi connectivity index (χ1) is 8.13. The first-order valence-electron chi connectivity index (χ1n) is 6.81. The molecule has 17 heavy (non-hydrogen) atoms. The second-order valence-electron chi connectivity index (χ2n) is 4.95. The molecule has 0 amide bonds. The molecule has 3 nitrogen and oxygen atoms in total. The number of nitrogens with one attached hydrogen (secondary N) is 1. The van der Waals surface area contributed by atoms with Gasteiger partial charge in [-0.05, 0) is 32.9 Å². The van der Waals surface area contributed by atoms with Crippen molar-refractivity contribution in [3.05, 3.63) is 0 Å². The molecule has 1 unspecified atom stereocenters. The summed E-state index contributed by atoms with van der Waals surface area (Å²) in [5, 5.41) is 4.68. The summed E-state index contributed by atoms with van der Waals surface area (Å²) < 4.78 is 0. The zero-order chi connectivity index (χ0) is 12.7. The summed E-state index contributed by atoms with van der Waals surface area (Å²) in [5.41, 5.74) is 0.261. The predicted molar refractivity (Wildman–Crippen MR) is 79.0 cm³/mol. The zero-order valence-electron chi connectivity index (χ0n) is 11.8. The summed E-state index contributed by atoms with van der Waals surface area (Å²) in [4.78, 5) is 7.12. The number of aliphatic imine (C=N–C) groups is 1. The molecule has 0 aliphatic carbocycles. The van der Waals surface area contributed by atoms with Crippen LogP contribution in [0.5, 0.6) is 0 Å². The summed E-state index contributed by atoms with van der Waals surface area (Å²) >= 11 is 1.87. The first kappa shape index (κ1) is 14.8. The van der Waals surface area contributed by atoms with Gasteiger partial charge in [0.1, 0.15) is 0 Å². The van der Waals surface area contributed by atoms with Crippen LogP contribution in [0.3, 0.4) is 0 Å². The maximum Gasteiger partial charge on any atom is 0.157 e. The molecule has 1 aliphatic heterocycles. The normalized spacial score (nSPS) is 26.8. The van der Waals surface area contributed by atoms with Gasteiger partial charge in [0.2, 0.25) is 0 Å². The van der Waals surface area contributed by atoms with Crippen LogP contribution in [0.25, 0.3) is 0 Å². The molecule has 0 spiro atoms. The van der Waals surface area contributed by atoms with E-state index < -0.39 is 0 Å². The number of hydrogen-bond donors (Lipinski definition) is 1. The van der Waals surface area contributed by atoms with Crippen molar-refractivity contribution in [1.29, 1.82) is 0 Å². The second kappa shape index (κ2) is 7.27. The van der Waals surface area contributed by atoms with Gasteiger partial charge in [-0.15, -0.1) is 0 Å². The van der Waals surface area contributed by atoms with Crippen molar-refractivity contribution in [2.75, 3.05) is 31.9 Å². The molecule has 0 saturated carbocycles. The van der Waals surface area contributed by atoms with Gasteiger partial charge in [0.05, 0.1) is 6.54 Å². The summed E-state index contributed by atoms with van der Waals surface area (Å²) in [5.74, 6) is 1.15. The Balaban J connectivity index is 2.30. The molecular formula is C13H27N3S. The standard InChI is InChI=1S/C13H27N3S/c1-5-9-16(7-3)10-8-14-12-15-13(4,6-2)11-17-12/h5-11H2,1-4H3,(H,14,15). The minimum absolute atomic E-state index is 0.261. The Labute approximate surface area is 110 Å². The van der Waals surface area contributed by atoms with Crippen LogP contribution in [0.4, 0.5) is 0 Å². The van der Waals surface area contributed by atoms with Crippen LogP contribution in [0, 0.1) is 0 Å². The maximum atomic E-state index is 4.66. The Morgan fingerprint density at radius 1 is 1.35 bits per heavy atom. The average molecular weight is 257 g/mol. The van der Waals surface area contributed by atoms with Crippen LogP contribution in [0.15, 0.2) is 4.99 Å². The fourth-order valence-corrected chi connectivity index (χ4v) is 3.10. The lowest BCUT2D eigenvalue weighted by Gasteiger charge is -2.21. The summed E-state index contributed by atoms with van der Waals surface area (Å²) in [7, 11) is 0. The SMILES string of the molecule is CCCN(CC)CCN=C1NC(C)(CC)CS1. The van der Waals surface area contributed by atoms with E-state index in [-0.39, 0.29) is 5.54 Å². The molecule has 1 aliphatic rings. The highest BCUT2D eigenvalue weighted by Gasteiger charge is 2.30. The van der Waals surface area contributed by atoms with Crippen molar-refractivity contribution >= 4 is 16.9 Å². The van der Waals surface area contributed by atoms with Gasteiger partial charge < -0.3 is 10.2 Å². The number of amidine groups is 1. The largest absolute Gasteiger partial charge is 0.359 e. The Kier molecular flexibility index (Phi) is 6.34. The fourth-order valence-electron chi connectivity index (χ4n) is 1.87. The Bertz CT molecular complexity index is 255. The van der Waals surface area contributed by atoms with Crippen molar-refractivity contribution in [2.24, 2.45) is 4.99 Å². The molecule has 1 N–H and O–H groups in total. The predicted octanol–water partition coefficient (Wildman–Crippen LogP) is 2.58. The van der Waals surface area contributed by atoms with Gasteiger partial charge in [0.15, 0.2) is 5.17 Å². The van der Waals surface area contributed by atoms with Crippen LogP contribution in [0.1, 0.15) is 40.5 Å². The molecule has 0 aromatic rings. The number of thioether (sulfide) groups is 1. The van der Waals surface area contributed by atoms with E-state index >= 15 is 0 Å². The topological polar surface area (TPSA) is 27.6 Å². The highest BCUT2D eigenvalue weighted by molar-refractivity contribution is 8.14. The van der Waals surface area contributed by atoms with E-state index in [1.165, 1.54) is 13.0 Å². The van der Waals surface area contributed by atoms with Crippen LogP contribution in [-0.4, -0.2) is 47.5 Å². The van der Waals surface area contributed by atoms with Crippen LogP contribution in [-0.2, 0) is 0 Å². The highest BCUT2D eigenvalue weighted by atomic mass is 32.2. The second-order valence-corrected chi connectivity index (χ2v) is 5.91. The van der Waals surface area contributed by atoms with E-state index in [0.29, 0.717) is 0 Å². The van der Waals surface area contributed by atoms with E-state index in [2.05, 4.69) is 42.9 Å². The van der Waals surface area contributed by atoms with E-state index in [9.17, 15) is 0 Å². The van der Waals surface area contributed by atoms with Gasteiger partial charge >= 0.3 is 0 Å². The molecule has 4 heteroatoms. The highest BCUT2D eigenvalue weighted by Crippen LogP contribution is 2.25. The summed E-state index contributed by atoms with van der Waals surface area (Å²) in [6, 6.07) is 0. The van der Waals surface area contributed by atoms with Crippen molar-refractivity contribution in [3.8, 4) is 0 Å².